The van der Waals surface area contributed by atoms with Crippen molar-refractivity contribution in [3.05, 3.63) is 23.8 Å². The van der Waals surface area contributed by atoms with Crippen LogP contribution in [-0.2, 0) is 11.2 Å². The van der Waals surface area contributed by atoms with Gasteiger partial charge in [-0.15, -0.1) is 0 Å². The number of hydrogen-bond acceptors (Lipinski definition) is 3. The predicted octanol–water partition coefficient (Wildman–Crippen LogP) is 2.60. The van der Waals surface area contributed by atoms with Gasteiger partial charge < -0.3 is 14.8 Å². The number of nitrogens with one attached hydrogen (secondary N) is 1. The van der Waals surface area contributed by atoms with Crippen LogP contribution >= 0.6 is 0 Å². The molecule has 1 N–H and O–H groups in total. The minimum absolute atomic E-state index is 0.0860. The predicted molar refractivity (Wildman–Crippen MR) is 67.7 cm³/mol. The van der Waals surface area contributed by atoms with Gasteiger partial charge in [0.15, 0.2) is 0 Å². The summed E-state index contributed by atoms with van der Waals surface area (Å²) in [6, 6.07) is 6.29. The van der Waals surface area contributed by atoms with Crippen LogP contribution in [0.1, 0.15) is 25.3 Å². The van der Waals surface area contributed by atoms with Gasteiger partial charge in [-0.1, -0.05) is 0 Å². The molecule has 1 saturated heterocycles. The Labute approximate surface area is 102 Å². The first-order valence-corrected chi connectivity index (χ1v) is 6.39. The van der Waals surface area contributed by atoms with E-state index in [2.05, 4.69) is 24.4 Å². The lowest BCUT2D eigenvalue weighted by Gasteiger charge is -2.23. The zero-order valence-electron chi connectivity index (χ0n) is 10.3. The Morgan fingerprint density at radius 2 is 2.41 bits per heavy atom. The minimum atomic E-state index is -0.0860. The third kappa shape index (κ3) is 2.25. The molecular weight excluding hydrogens is 214 g/mol. The summed E-state index contributed by atoms with van der Waals surface area (Å²) in [4.78, 5) is 0. The second-order valence-electron chi connectivity index (χ2n) is 5.19. The normalized spacial score (nSPS) is 26.6. The molecule has 1 aromatic rings. The SMILES string of the molecule is CC1(COc2ccc3c(c2)CCN3)CCCO1. The molecule has 0 radical (unpaired) electrons. The molecule has 0 aromatic heterocycles. The van der Waals surface area contributed by atoms with Crippen molar-refractivity contribution in [1.29, 1.82) is 0 Å². The van der Waals surface area contributed by atoms with Gasteiger partial charge in [0.25, 0.3) is 0 Å². The molecule has 1 unspecified atom stereocenters. The molecule has 0 spiro atoms. The molecular formula is C14H19NO2. The number of hydrogen-bond donors (Lipinski definition) is 1. The Morgan fingerprint density at radius 1 is 1.47 bits per heavy atom. The fraction of sp³-hybridized carbons (Fsp3) is 0.571. The highest BCUT2D eigenvalue weighted by molar-refractivity contribution is 5.57. The summed E-state index contributed by atoms with van der Waals surface area (Å²) >= 11 is 0. The average molecular weight is 233 g/mol. The van der Waals surface area contributed by atoms with E-state index in [-0.39, 0.29) is 5.60 Å². The van der Waals surface area contributed by atoms with Crippen LogP contribution in [0.25, 0.3) is 0 Å². The largest absolute Gasteiger partial charge is 0.491 e. The summed E-state index contributed by atoms with van der Waals surface area (Å²) in [5.74, 6) is 0.962. The second-order valence-corrected chi connectivity index (χ2v) is 5.19. The Bertz CT molecular complexity index is 411. The van der Waals surface area contributed by atoms with Crippen molar-refractivity contribution in [2.24, 2.45) is 0 Å². The van der Waals surface area contributed by atoms with E-state index in [0.717, 1.165) is 38.2 Å². The summed E-state index contributed by atoms with van der Waals surface area (Å²) in [5, 5.41) is 3.35. The summed E-state index contributed by atoms with van der Waals surface area (Å²) in [6.45, 7) is 4.70. The van der Waals surface area contributed by atoms with Gasteiger partial charge in [0.2, 0.25) is 0 Å². The van der Waals surface area contributed by atoms with Crippen LogP contribution in [0.3, 0.4) is 0 Å². The van der Waals surface area contributed by atoms with Crippen LogP contribution in [0.2, 0.25) is 0 Å². The third-order valence-electron chi connectivity index (χ3n) is 3.63. The summed E-state index contributed by atoms with van der Waals surface area (Å²) in [6.07, 6.45) is 3.34. The number of anilines is 1. The molecule has 0 amide bonds. The molecule has 3 heteroatoms. The molecule has 3 nitrogen and oxygen atoms in total. The van der Waals surface area contributed by atoms with Crippen molar-refractivity contribution in [2.75, 3.05) is 25.1 Å². The van der Waals surface area contributed by atoms with E-state index in [1.54, 1.807) is 0 Å². The molecule has 1 fully saturated rings. The van der Waals surface area contributed by atoms with Crippen LogP contribution in [0.5, 0.6) is 5.75 Å². The van der Waals surface area contributed by atoms with Crippen molar-refractivity contribution in [3.8, 4) is 5.75 Å². The summed E-state index contributed by atoms with van der Waals surface area (Å²) < 4.78 is 11.6. The van der Waals surface area contributed by atoms with Crippen LogP contribution in [0.15, 0.2) is 18.2 Å². The molecule has 0 bridgehead atoms. The van der Waals surface area contributed by atoms with E-state index >= 15 is 0 Å². The quantitative estimate of drug-likeness (QED) is 0.870. The van der Waals surface area contributed by atoms with Crippen LogP contribution in [0, 0.1) is 0 Å². The molecule has 1 atom stereocenters. The van der Waals surface area contributed by atoms with Gasteiger partial charge in [-0.2, -0.15) is 0 Å². The lowest BCUT2D eigenvalue weighted by atomic mass is 10.0. The molecule has 92 valence electrons. The van der Waals surface area contributed by atoms with Gasteiger partial charge in [0.1, 0.15) is 12.4 Å². The fourth-order valence-electron chi connectivity index (χ4n) is 2.56. The van der Waals surface area contributed by atoms with E-state index in [1.165, 1.54) is 11.3 Å². The van der Waals surface area contributed by atoms with Crippen molar-refractivity contribution in [2.45, 2.75) is 31.8 Å². The van der Waals surface area contributed by atoms with E-state index < -0.39 is 0 Å². The molecule has 0 aliphatic carbocycles. The fourth-order valence-corrected chi connectivity index (χ4v) is 2.56. The smallest absolute Gasteiger partial charge is 0.119 e. The molecule has 2 heterocycles. The second kappa shape index (κ2) is 4.22. The van der Waals surface area contributed by atoms with Crippen LogP contribution in [0.4, 0.5) is 5.69 Å². The monoisotopic (exact) mass is 233 g/mol. The van der Waals surface area contributed by atoms with Crippen molar-refractivity contribution in [3.63, 3.8) is 0 Å². The maximum Gasteiger partial charge on any atom is 0.119 e. The number of rotatable bonds is 3. The minimum Gasteiger partial charge on any atom is -0.491 e. The highest BCUT2D eigenvalue weighted by atomic mass is 16.5. The first kappa shape index (κ1) is 10.9. The highest BCUT2D eigenvalue weighted by Crippen LogP contribution is 2.29. The standard InChI is InChI=1S/C14H19NO2/c1-14(6-2-8-17-14)10-16-12-3-4-13-11(9-12)5-7-15-13/h3-4,9,15H,2,5-8,10H2,1H3. The third-order valence-corrected chi connectivity index (χ3v) is 3.63. The molecule has 2 aliphatic rings. The van der Waals surface area contributed by atoms with E-state index in [1.807, 2.05) is 6.07 Å². The topological polar surface area (TPSA) is 30.5 Å². The van der Waals surface area contributed by atoms with E-state index in [9.17, 15) is 0 Å². The van der Waals surface area contributed by atoms with Crippen molar-refractivity contribution < 1.29 is 9.47 Å². The molecule has 0 saturated carbocycles. The van der Waals surface area contributed by atoms with Crippen molar-refractivity contribution >= 4 is 5.69 Å². The molecule has 17 heavy (non-hydrogen) atoms. The van der Waals surface area contributed by atoms with Gasteiger partial charge in [0.05, 0.1) is 5.60 Å². The summed E-state index contributed by atoms with van der Waals surface area (Å²) in [7, 11) is 0. The van der Waals surface area contributed by atoms with Gasteiger partial charge in [-0.3, -0.25) is 0 Å². The number of ether oxygens (including phenoxy) is 2. The highest BCUT2D eigenvalue weighted by Gasteiger charge is 2.30. The Balaban J connectivity index is 1.65. The molecule has 1 aromatic carbocycles. The van der Waals surface area contributed by atoms with Gasteiger partial charge >= 0.3 is 0 Å². The van der Waals surface area contributed by atoms with Crippen LogP contribution in [-0.4, -0.2) is 25.4 Å². The lowest BCUT2D eigenvalue weighted by Crippen LogP contribution is -2.31. The van der Waals surface area contributed by atoms with Gasteiger partial charge in [-0.05, 0) is 49.9 Å². The first-order valence-electron chi connectivity index (χ1n) is 6.39. The van der Waals surface area contributed by atoms with Gasteiger partial charge in [-0.25, -0.2) is 0 Å². The average Bonchev–Trinajstić information content (AvgIpc) is 2.95. The first-order chi connectivity index (χ1) is 8.25. The molecule has 3 rings (SSSR count). The molecule has 2 aliphatic heterocycles. The zero-order chi connectivity index (χ0) is 11.7. The van der Waals surface area contributed by atoms with E-state index in [4.69, 9.17) is 9.47 Å². The Morgan fingerprint density at radius 3 is 3.24 bits per heavy atom. The lowest BCUT2D eigenvalue weighted by molar-refractivity contribution is -0.0159. The summed E-state index contributed by atoms with van der Waals surface area (Å²) in [5.41, 5.74) is 2.53. The van der Waals surface area contributed by atoms with Gasteiger partial charge in [0, 0.05) is 18.8 Å². The van der Waals surface area contributed by atoms with Crippen molar-refractivity contribution in [1.82, 2.24) is 0 Å². The van der Waals surface area contributed by atoms with Crippen LogP contribution < -0.4 is 10.1 Å². The number of fused-ring (bicyclic) bond motifs is 1. The number of benzene rings is 1. The zero-order valence-corrected chi connectivity index (χ0v) is 10.3. The Hall–Kier alpha value is -1.22. The van der Waals surface area contributed by atoms with E-state index in [0.29, 0.717) is 6.61 Å². The maximum absolute atomic E-state index is 5.87. The maximum atomic E-state index is 5.87. The Kier molecular flexibility index (Phi) is 2.71.